The number of allylic oxidation sites excluding steroid dienone is 1. The van der Waals surface area contributed by atoms with Gasteiger partial charge in [-0.3, -0.25) is 4.79 Å². The second kappa shape index (κ2) is 8.48. The van der Waals surface area contributed by atoms with Crippen LogP contribution in [-0.2, 0) is 11.3 Å². The minimum atomic E-state index is -0.329. The minimum absolute atomic E-state index is 0.0994. The number of hydrogen-bond donors (Lipinski definition) is 2. The molecule has 4 nitrogen and oxygen atoms in total. The van der Waals surface area contributed by atoms with Gasteiger partial charge in [0, 0.05) is 28.1 Å². The molecule has 0 radical (unpaired) electrons. The van der Waals surface area contributed by atoms with Crippen molar-refractivity contribution in [3.8, 4) is 0 Å². The number of fused-ring (bicyclic) bond motifs is 2. The lowest BCUT2D eigenvalue weighted by atomic mass is 9.87. The number of benzene rings is 3. The van der Waals surface area contributed by atoms with Crippen molar-refractivity contribution in [3.63, 3.8) is 0 Å². The second-order valence-corrected chi connectivity index (χ2v) is 8.35. The summed E-state index contributed by atoms with van der Waals surface area (Å²) in [5.41, 5.74) is 5.48. The molecule has 0 bridgehead atoms. The summed E-state index contributed by atoms with van der Waals surface area (Å²) in [7, 11) is 0. The first-order valence-electron chi connectivity index (χ1n) is 10.6. The van der Waals surface area contributed by atoms with E-state index >= 15 is 0 Å². The Labute approximate surface area is 192 Å². The van der Waals surface area contributed by atoms with Gasteiger partial charge in [-0.05, 0) is 47.9 Å². The lowest BCUT2D eigenvalue weighted by Crippen LogP contribution is -2.32. The van der Waals surface area contributed by atoms with E-state index in [1.807, 2.05) is 85.8 Å². The van der Waals surface area contributed by atoms with Crippen LogP contribution in [0.4, 0.5) is 5.82 Å². The highest BCUT2D eigenvalue weighted by molar-refractivity contribution is 6.30. The van der Waals surface area contributed by atoms with E-state index in [1.165, 1.54) is 0 Å². The molecule has 5 rings (SSSR count). The Morgan fingerprint density at radius 2 is 1.72 bits per heavy atom. The van der Waals surface area contributed by atoms with Gasteiger partial charge in [-0.25, -0.2) is 4.98 Å². The third-order valence-electron chi connectivity index (χ3n) is 5.85. The van der Waals surface area contributed by atoms with E-state index < -0.39 is 0 Å². The molecule has 2 N–H and O–H groups in total. The Bertz CT molecular complexity index is 1330. The van der Waals surface area contributed by atoms with E-state index in [-0.39, 0.29) is 11.9 Å². The largest absolute Gasteiger partial charge is 0.358 e. The van der Waals surface area contributed by atoms with Gasteiger partial charge in [0.25, 0.3) is 0 Å². The van der Waals surface area contributed by atoms with Crippen LogP contribution in [0.15, 0.2) is 90.5 Å². The smallest absolute Gasteiger partial charge is 0.250 e. The van der Waals surface area contributed by atoms with Gasteiger partial charge < -0.3 is 10.6 Å². The molecule has 1 atom stereocenters. The SMILES string of the molecule is CC1=C(C(=O)NCc2ccccc2)C(c2ccc(Cl)cc2)Nc2nc3ccccc3cc21. The van der Waals surface area contributed by atoms with Crippen LogP contribution in [0.25, 0.3) is 16.5 Å². The van der Waals surface area contributed by atoms with Crippen LogP contribution in [0.5, 0.6) is 0 Å². The summed E-state index contributed by atoms with van der Waals surface area (Å²) in [5, 5.41) is 8.31. The predicted molar refractivity (Wildman–Crippen MR) is 130 cm³/mol. The number of amides is 1. The molecule has 0 aliphatic carbocycles. The van der Waals surface area contributed by atoms with Gasteiger partial charge in [0.05, 0.1) is 11.6 Å². The zero-order valence-electron chi connectivity index (χ0n) is 17.6. The number of carbonyl (C=O) groups excluding carboxylic acids is 1. The lowest BCUT2D eigenvalue weighted by molar-refractivity contribution is -0.117. The number of rotatable bonds is 4. The zero-order valence-corrected chi connectivity index (χ0v) is 18.4. The molecule has 5 heteroatoms. The first kappa shape index (κ1) is 20.3. The molecule has 32 heavy (non-hydrogen) atoms. The number of aromatic nitrogens is 1. The monoisotopic (exact) mass is 439 g/mol. The van der Waals surface area contributed by atoms with Crippen molar-refractivity contribution in [1.29, 1.82) is 0 Å². The van der Waals surface area contributed by atoms with Gasteiger partial charge in [0.1, 0.15) is 5.82 Å². The third kappa shape index (κ3) is 3.85. The van der Waals surface area contributed by atoms with E-state index in [1.54, 1.807) is 0 Å². The number of pyridine rings is 1. The molecular weight excluding hydrogens is 418 g/mol. The quantitative estimate of drug-likeness (QED) is 0.401. The van der Waals surface area contributed by atoms with Crippen LogP contribution in [0, 0.1) is 0 Å². The molecule has 0 fully saturated rings. The highest BCUT2D eigenvalue weighted by Gasteiger charge is 2.31. The van der Waals surface area contributed by atoms with Gasteiger partial charge in [0.2, 0.25) is 5.91 Å². The highest BCUT2D eigenvalue weighted by atomic mass is 35.5. The van der Waals surface area contributed by atoms with E-state index in [4.69, 9.17) is 16.6 Å². The number of nitrogens with one attached hydrogen (secondary N) is 2. The molecule has 2 heterocycles. The van der Waals surface area contributed by atoms with Crippen LogP contribution < -0.4 is 10.6 Å². The molecule has 3 aromatic carbocycles. The number of halogens is 1. The molecule has 158 valence electrons. The summed E-state index contributed by atoms with van der Waals surface area (Å²) in [5.74, 6) is 0.679. The Morgan fingerprint density at radius 1 is 1.00 bits per heavy atom. The molecule has 1 unspecified atom stereocenters. The molecule has 1 amide bonds. The maximum atomic E-state index is 13.5. The molecule has 1 aliphatic heterocycles. The lowest BCUT2D eigenvalue weighted by Gasteiger charge is -2.30. The van der Waals surface area contributed by atoms with Crippen molar-refractivity contribution in [2.45, 2.75) is 19.5 Å². The Hall–Kier alpha value is -3.63. The predicted octanol–water partition coefficient (Wildman–Crippen LogP) is 6.14. The Morgan fingerprint density at radius 3 is 2.50 bits per heavy atom. The third-order valence-corrected chi connectivity index (χ3v) is 6.10. The summed E-state index contributed by atoms with van der Waals surface area (Å²) in [6.07, 6.45) is 0. The van der Waals surface area contributed by atoms with Crippen molar-refractivity contribution >= 4 is 39.8 Å². The number of nitrogens with zero attached hydrogens (tertiary/aromatic N) is 1. The molecule has 1 aliphatic rings. The number of anilines is 1. The van der Waals surface area contributed by atoms with Crippen molar-refractivity contribution in [1.82, 2.24) is 10.3 Å². The fourth-order valence-electron chi connectivity index (χ4n) is 4.16. The highest BCUT2D eigenvalue weighted by Crippen LogP contribution is 2.40. The van der Waals surface area contributed by atoms with Crippen LogP contribution in [-0.4, -0.2) is 10.9 Å². The normalized spacial score (nSPS) is 15.2. The first-order chi connectivity index (χ1) is 15.6. The molecule has 0 spiro atoms. The van der Waals surface area contributed by atoms with Crippen molar-refractivity contribution in [3.05, 3.63) is 112 Å². The molecule has 1 aromatic heterocycles. The van der Waals surface area contributed by atoms with Gasteiger partial charge in [0.15, 0.2) is 0 Å². The van der Waals surface area contributed by atoms with E-state index in [0.717, 1.165) is 39.0 Å². The fourth-order valence-corrected chi connectivity index (χ4v) is 4.29. The number of carbonyl (C=O) groups is 1. The van der Waals surface area contributed by atoms with E-state index in [0.29, 0.717) is 17.1 Å². The fraction of sp³-hybridized carbons (Fsp3) is 0.111. The topological polar surface area (TPSA) is 54.0 Å². The van der Waals surface area contributed by atoms with Gasteiger partial charge in [-0.2, -0.15) is 0 Å². The molecular formula is C27H22ClN3O. The zero-order chi connectivity index (χ0) is 22.1. The van der Waals surface area contributed by atoms with Crippen molar-refractivity contribution in [2.75, 3.05) is 5.32 Å². The summed E-state index contributed by atoms with van der Waals surface area (Å²) in [6.45, 7) is 2.46. The minimum Gasteiger partial charge on any atom is -0.358 e. The maximum Gasteiger partial charge on any atom is 0.250 e. The van der Waals surface area contributed by atoms with E-state index in [9.17, 15) is 4.79 Å². The van der Waals surface area contributed by atoms with Gasteiger partial charge in [-0.15, -0.1) is 0 Å². The molecule has 0 saturated heterocycles. The summed E-state index contributed by atoms with van der Waals surface area (Å²) in [4.78, 5) is 18.3. The van der Waals surface area contributed by atoms with E-state index in [2.05, 4.69) is 16.7 Å². The molecule has 0 saturated carbocycles. The van der Waals surface area contributed by atoms with Crippen LogP contribution in [0.2, 0.25) is 5.02 Å². The van der Waals surface area contributed by atoms with Crippen LogP contribution in [0.3, 0.4) is 0 Å². The standard InChI is InChI=1S/C27H22ClN3O/c1-17-22-15-20-9-5-6-10-23(20)30-26(22)31-25(19-11-13-21(28)14-12-19)24(17)27(32)29-16-18-7-3-2-4-8-18/h2-15,25H,16H2,1H3,(H,29,32)(H,30,31). The summed E-state index contributed by atoms with van der Waals surface area (Å²) in [6, 6.07) is 27.3. The van der Waals surface area contributed by atoms with Crippen LogP contribution >= 0.6 is 11.6 Å². The van der Waals surface area contributed by atoms with Crippen molar-refractivity contribution in [2.24, 2.45) is 0 Å². The average molecular weight is 440 g/mol. The number of para-hydroxylation sites is 1. The first-order valence-corrected chi connectivity index (χ1v) is 10.9. The number of hydrogen-bond acceptors (Lipinski definition) is 3. The summed E-state index contributed by atoms with van der Waals surface area (Å²) >= 11 is 6.12. The maximum absolute atomic E-state index is 13.5. The average Bonchev–Trinajstić information content (AvgIpc) is 2.82. The summed E-state index contributed by atoms with van der Waals surface area (Å²) < 4.78 is 0. The Balaban J connectivity index is 1.58. The van der Waals surface area contributed by atoms with Gasteiger partial charge >= 0.3 is 0 Å². The van der Waals surface area contributed by atoms with Crippen molar-refractivity contribution < 1.29 is 4.79 Å². The second-order valence-electron chi connectivity index (χ2n) is 7.91. The van der Waals surface area contributed by atoms with Crippen LogP contribution in [0.1, 0.15) is 29.7 Å². The molecule has 4 aromatic rings. The Kier molecular flexibility index (Phi) is 5.38. The van der Waals surface area contributed by atoms with Gasteiger partial charge in [-0.1, -0.05) is 72.3 Å².